The van der Waals surface area contributed by atoms with E-state index in [9.17, 15) is 0 Å². The Balaban J connectivity index is 0.00000162. The van der Waals surface area contributed by atoms with Crippen LogP contribution in [-0.2, 0) is 26.2 Å². The summed E-state index contributed by atoms with van der Waals surface area (Å²) in [6.45, 7) is 10.8. The topological polar surface area (TPSA) is 30.5 Å². The molecule has 174 valence electrons. The standard InChI is InChI=1S/C27H27N5.2BrH/c1-3-16-29-20-31(26-14-7-5-12-24(26)29)18-22-10-9-11-23(28-22)19-32-21-30(17-4-2)25-13-6-8-15-27(25)32;;/h3-15,20-21H,1-2,16-19H2;2*1H/q+2;;/p-2. The summed E-state index contributed by atoms with van der Waals surface area (Å²) < 4.78 is 8.95. The zero-order valence-electron chi connectivity index (χ0n) is 18.9. The molecule has 0 saturated carbocycles. The van der Waals surface area contributed by atoms with Gasteiger partial charge in [0.15, 0.2) is 22.1 Å². The van der Waals surface area contributed by atoms with Crippen molar-refractivity contribution in [1.82, 2.24) is 14.1 Å². The highest BCUT2D eigenvalue weighted by Crippen LogP contribution is 2.13. The number of pyridine rings is 1. The van der Waals surface area contributed by atoms with Gasteiger partial charge in [0, 0.05) is 0 Å². The average molecular weight is 581 g/mol. The summed E-state index contributed by atoms with van der Waals surface area (Å²) in [5.41, 5.74) is 6.89. The Morgan fingerprint density at radius 3 is 1.53 bits per heavy atom. The van der Waals surface area contributed by atoms with Crippen molar-refractivity contribution in [2.75, 3.05) is 0 Å². The Morgan fingerprint density at radius 1 is 0.647 bits per heavy atom. The number of aromatic nitrogens is 5. The van der Waals surface area contributed by atoms with Gasteiger partial charge in [0.05, 0.1) is 11.4 Å². The van der Waals surface area contributed by atoms with Gasteiger partial charge in [0.25, 0.3) is 0 Å². The van der Waals surface area contributed by atoms with Gasteiger partial charge in [-0.05, 0) is 36.4 Å². The van der Waals surface area contributed by atoms with Crippen molar-refractivity contribution in [2.45, 2.75) is 26.2 Å². The first-order chi connectivity index (χ1) is 15.8. The lowest BCUT2D eigenvalue weighted by atomic mass is 10.2. The zero-order valence-corrected chi connectivity index (χ0v) is 22.1. The molecule has 0 aliphatic rings. The summed E-state index contributed by atoms with van der Waals surface area (Å²) in [6, 6.07) is 23.2. The molecule has 7 heteroatoms. The first-order valence-electron chi connectivity index (χ1n) is 10.9. The number of allylic oxidation sites excluding steroid dienone is 2. The molecule has 3 heterocycles. The van der Waals surface area contributed by atoms with Crippen LogP contribution < -0.4 is 43.1 Å². The van der Waals surface area contributed by atoms with Crippen LogP contribution >= 0.6 is 0 Å². The van der Waals surface area contributed by atoms with Crippen LogP contribution in [0.1, 0.15) is 11.4 Å². The van der Waals surface area contributed by atoms with Crippen LogP contribution in [0.25, 0.3) is 22.1 Å². The third-order valence-corrected chi connectivity index (χ3v) is 5.74. The molecule has 34 heavy (non-hydrogen) atoms. The number of para-hydroxylation sites is 4. The lowest BCUT2D eigenvalue weighted by Gasteiger charge is -2.03. The molecule has 5 nitrogen and oxygen atoms in total. The van der Waals surface area contributed by atoms with Gasteiger partial charge in [0.2, 0.25) is 12.7 Å². The molecule has 2 aromatic carbocycles. The number of hydrogen-bond donors (Lipinski definition) is 0. The van der Waals surface area contributed by atoms with Crippen molar-refractivity contribution in [3.8, 4) is 0 Å². The number of rotatable bonds is 8. The van der Waals surface area contributed by atoms with Crippen LogP contribution in [-0.4, -0.2) is 14.1 Å². The first-order valence-corrected chi connectivity index (χ1v) is 10.9. The molecular formula is C27H27Br2N5. The van der Waals surface area contributed by atoms with Crippen LogP contribution in [0.5, 0.6) is 0 Å². The number of halogens is 2. The molecule has 0 saturated heterocycles. The van der Waals surface area contributed by atoms with E-state index in [1.165, 1.54) is 22.1 Å². The predicted octanol–water partition coefficient (Wildman–Crippen LogP) is -1.96. The number of nitrogens with zero attached hydrogens (tertiary/aromatic N) is 5. The zero-order chi connectivity index (χ0) is 21.9. The number of hydrogen-bond acceptors (Lipinski definition) is 1. The predicted molar refractivity (Wildman–Crippen MR) is 127 cm³/mol. The van der Waals surface area contributed by atoms with Crippen molar-refractivity contribution in [3.05, 3.63) is 116 Å². The minimum atomic E-state index is 0. The summed E-state index contributed by atoms with van der Waals surface area (Å²) in [7, 11) is 0. The third-order valence-electron chi connectivity index (χ3n) is 5.74. The molecule has 0 atom stereocenters. The van der Waals surface area contributed by atoms with E-state index in [0.29, 0.717) is 0 Å². The fraction of sp³-hybridized carbons (Fsp3) is 0.148. The van der Waals surface area contributed by atoms with Gasteiger partial charge >= 0.3 is 0 Å². The molecule has 0 fully saturated rings. The molecule has 0 unspecified atom stereocenters. The van der Waals surface area contributed by atoms with Gasteiger partial charge in [-0.15, -0.1) is 0 Å². The van der Waals surface area contributed by atoms with Crippen molar-refractivity contribution in [2.24, 2.45) is 0 Å². The molecule has 0 aliphatic heterocycles. The Hall–Kier alpha value is -3.03. The molecule has 0 radical (unpaired) electrons. The lowest BCUT2D eigenvalue weighted by Crippen LogP contribution is -3.00. The second-order valence-electron chi connectivity index (χ2n) is 7.97. The Kier molecular flexibility index (Phi) is 8.58. The van der Waals surface area contributed by atoms with E-state index in [-0.39, 0.29) is 34.0 Å². The van der Waals surface area contributed by atoms with Crippen molar-refractivity contribution >= 4 is 22.1 Å². The van der Waals surface area contributed by atoms with E-state index in [2.05, 4.69) is 111 Å². The third kappa shape index (κ3) is 5.05. The highest BCUT2D eigenvalue weighted by Gasteiger charge is 2.17. The van der Waals surface area contributed by atoms with E-state index >= 15 is 0 Å². The lowest BCUT2D eigenvalue weighted by molar-refractivity contribution is -0.665. The van der Waals surface area contributed by atoms with Gasteiger partial charge in [-0.3, -0.25) is 0 Å². The van der Waals surface area contributed by atoms with Crippen LogP contribution in [0.3, 0.4) is 0 Å². The van der Waals surface area contributed by atoms with Gasteiger partial charge in [-0.2, -0.15) is 0 Å². The molecule has 5 aromatic rings. The van der Waals surface area contributed by atoms with Crippen LogP contribution in [0.15, 0.2) is 105 Å². The summed E-state index contributed by atoms with van der Waals surface area (Å²) in [5, 5.41) is 0. The number of benzene rings is 2. The van der Waals surface area contributed by atoms with Crippen molar-refractivity contribution < 1.29 is 43.1 Å². The normalized spacial score (nSPS) is 10.6. The van der Waals surface area contributed by atoms with Crippen LogP contribution in [0.2, 0.25) is 0 Å². The minimum absolute atomic E-state index is 0. The fourth-order valence-electron chi connectivity index (χ4n) is 4.36. The second-order valence-corrected chi connectivity index (χ2v) is 7.97. The van der Waals surface area contributed by atoms with Crippen LogP contribution in [0, 0.1) is 0 Å². The van der Waals surface area contributed by atoms with Crippen LogP contribution in [0.4, 0.5) is 0 Å². The second kappa shape index (κ2) is 11.4. The largest absolute Gasteiger partial charge is 1.00 e. The SMILES string of the molecule is C=CCn1c[n+](Cc2cccc(C[n+]3cn(CC=C)c4ccccc43)n2)c2ccccc21.[Br-].[Br-]. The summed E-state index contributed by atoms with van der Waals surface area (Å²) in [4.78, 5) is 4.99. The summed E-state index contributed by atoms with van der Waals surface area (Å²) in [6.07, 6.45) is 8.15. The maximum absolute atomic E-state index is 4.99. The molecule has 0 N–H and O–H groups in total. The van der Waals surface area contributed by atoms with E-state index < -0.39 is 0 Å². The highest BCUT2D eigenvalue weighted by atomic mass is 79.9. The van der Waals surface area contributed by atoms with Crippen molar-refractivity contribution in [1.29, 1.82) is 0 Å². The highest BCUT2D eigenvalue weighted by molar-refractivity contribution is 5.72. The molecule has 3 aromatic heterocycles. The Labute approximate surface area is 220 Å². The quantitative estimate of drug-likeness (QED) is 0.155. The van der Waals surface area contributed by atoms with Gasteiger partial charge in [-0.25, -0.2) is 23.3 Å². The summed E-state index contributed by atoms with van der Waals surface area (Å²) >= 11 is 0. The smallest absolute Gasteiger partial charge is 0.245 e. The molecule has 5 rings (SSSR count). The van der Waals surface area contributed by atoms with Gasteiger partial charge < -0.3 is 34.0 Å². The van der Waals surface area contributed by atoms with E-state index in [0.717, 1.165) is 37.6 Å². The van der Waals surface area contributed by atoms with E-state index in [1.807, 2.05) is 12.2 Å². The Bertz CT molecular complexity index is 1330. The molecule has 0 aliphatic carbocycles. The fourth-order valence-corrected chi connectivity index (χ4v) is 4.36. The van der Waals surface area contributed by atoms with Gasteiger partial charge in [0.1, 0.15) is 26.2 Å². The minimum Gasteiger partial charge on any atom is -1.00 e. The molecular weight excluding hydrogens is 554 g/mol. The van der Waals surface area contributed by atoms with Gasteiger partial charge in [-0.1, -0.05) is 55.6 Å². The molecule has 0 spiro atoms. The number of fused-ring (bicyclic) bond motifs is 2. The average Bonchev–Trinajstić information content (AvgIpc) is 3.33. The molecule has 0 bridgehead atoms. The maximum atomic E-state index is 4.99. The molecule has 0 amide bonds. The van der Waals surface area contributed by atoms with Crippen molar-refractivity contribution in [3.63, 3.8) is 0 Å². The first kappa shape index (κ1) is 25.6. The number of imidazole rings is 2. The Morgan fingerprint density at radius 2 is 1.09 bits per heavy atom. The maximum Gasteiger partial charge on any atom is 0.245 e. The van der Waals surface area contributed by atoms with E-state index in [4.69, 9.17) is 4.98 Å². The summed E-state index contributed by atoms with van der Waals surface area (Å²) in [5.74, 6) is 0. The van der Waals surface area contributed by atoms with E-state index in [1.54, 1.807) is 0 Å². The monoisotopic (exact) mass is 579 g/mol.